The average Bonchev–Trinajstić information content (AvgIpc) is 2.86. The van der Waals surface area contributed by atoms with E-state index in [1.54, 1.807) is 12.1 Å². The molecule has 1 fully saturated rings. The van der Waals surface area contributed by atoms with E-state index >= 15 is 0 Å². The lowest BCUT2D eigenvalue weighted by atomic mass is 9.94. The SMILES string of the molecule is O=c1ccon1[C@H]1CCN[C@@H](c2ccc(F)cc2)C1. The van der Waals surface area contributed by atoms with Crippen molar-refractivity contribution >= 4 is 0 Å². The van der Waals surface area contributed by atoms with Crippen molar-refractivity contribution < 1.29 is 8.91 Å². The van der Waals surface area contributed by atoms with Crippen LogP contribution in [0.5, 0.6) is 0 Å². The van der Waals surface area contributed by atoms with E-state index in [2.05, 4.69) is 5.32 Å². The molecule has 3 rings (SSSR count). The van der Waals surface area contributed by atoms with Crippen LogP contribution in [0.3, 0.4) is 0 Å². The second-order valence-electron chi connectivity index (χ2n) is 4.81. The lowest BCUT2D eigenvalue weighted by Gasteiger charge is -2.30. The Balaban J connectivity index is 1.80. The summed E-state index contributed by atoms with van der Waals surface area (Å²) < 4.78 is 19.6. The van der Waals surface area contributed by atoms with Crippen LogP contribution in [0.1, 0.15) is 30.5 Å². The molecule has 2 heterocycles. The number of nitrogens with zero attached hydrogens (tertiary/aromatic N) is 1. The van der Waals surface area contributed by atoms with Gasteiger partial charge in [-0.3, -0.25) is 4.79 Å². The van der Waals surface area contributed by atoms with Crippen LogP contribution in [-0.4, -0.2) is 11.3 Å². The summed E-state index contributed by atoms with van der Waals surface area (Å²) in [5, 5.41) is 3.39. The van der Waals surface area contributed by atoms with Crippen LogP contribution in [0.25, 0.3) is 0 Å². The fraction of sp³-hybridized carbons (Fsp3) is 0.357. The maximum absolute atomic E-state index is 12.9. The molecule has 0 radical (unpaired) electrons. The number of nitrogens with one attached hydrogen (secondary N) is 1. The highest BCUT2D eigenvalue weighted by atomic mass is 19.1. The quantitative estimate of drug-likeness (QED) is 0.903. The molecule has 5 heteroatoms. The number of benzene rings is 1. The lowest BCUT2D eigenvalue weighted by molar-refractivity contribution is 0.161. The highest BCUT2D eigenvalue weighted by Gasteiger charge is 2.25. The van der Waals surface area contributed by atoms with E-state index in [1.165, 1.54) is 29.2 Å². The van der Waals surface area contributed by atoms with E-state index in [-0.39, 0.29) is 23.5 Å². The number of aromatic nitrogens is 1. The van der Waals surface area contributed by atoms with E-state index in [0.717, 1.165) is 24.9 Å². The van der Waals surface area contributed by atoms with Gasteiger partial charge in [-0.2, -0.15) is 4.74 Å². The zero-order valence-electron chi connectivity index (χ0n) is 10.4. The Labute approximate surface area is 109 Å². The summed E-state index contributed by atoms with van der Waals surface area (Å²) in [5.41, 5.74) is 0.926. The molecule has 0 unspecified atom stereocenters. The number of hydrogen-bond donors (Lipinski definition) is 1. The summed E-state index contributed by atoms with van der Waals surface area (Å²) in [7, 11) is 0. The van der Waals surface area contributed by atoms with Gasteiger partial charge in [-0.05, 0) is 37.1 Å². The normalized spacial score (nSPS) is 23.4. The van der Waals surface area contributed by atoms with Gasteiger partial charge in [0.15, 0.2) is 0 Å². The van der Waals surface area contributed by atoms with Crippen LogP contribution in [0, 0.1) is 5.82 Å². The van der Waals surface area contributed by atoms with Gasteiger partial charge in [-0.1, -0.05) is 12.1 Å². The smallest absolute Gasteiger partial charge is 0.282 e. The first-order valence-corrected chi connectivity index (χ1v) is 6.39. The maximum Gasteiger partial charge on any atom is 0.282 e. The van der Waals surface area contributed by atoms with Gasteiger partial charge in [0, 0.05) is 12.1 Å². The van der Waals surface area contributed by atoms with Crippen LogP contribution in [0.15, 0.2) is 45.9 Å². The summed E-state index contributed by atoms with van der Waals surface area (Å²) >= 11 is 0. The minimum absolute atomic E-state index is 0.0544. The van der Waals surface area contributed by atoms with Crippen molar-refractivity contribution in [3.8, 4) is 0 Å². The molecule has 1 aliphatic rings. The Kier molecular flexibility index (Phi) is 3.21. The molecule has 0 saturated carbocycles. The van der Waals surface area contributed by atoms with Crippen LogP contribution in [0.2, 0.25) is 0 Å². The van der Waals surface area contributed by atoms with Crippen molar-refractivity contribution in [2.75, 3.05) is 6.54 Å². The van der Waals surface area contributed by atoms with Gasteiger partial charge in [0.1, 0.15) is 12.1 Å². The van der Waals surface area contributed by atoms with Crippen molar-refractivity contribution in [2.24, 2.45) is 0 Å². The van der Waals surface area contributed by atoms with Crippen LogP contribution < -0.4 is 10.9 Å². The van der Waals surface area contributed by atoms with Gasteiger partial charge in [0.25, 0.3) is 5.56 Å². The summed E-state index contributed by atoms with van der Waals surface area (Å²) in [6, 6.07) is 8.07. The third kappa shape index (κ3) is 2.46. The second kappa shape index (κ2) is 5.01. The van der Waals surface area contributed by atoms with Gasteiger partial charge >= 0.3 is 0 Å². The van der Waals surface area contributed by atoms with Crippen molar-refractivity contribution in [3.63, 3.8) is 0 Å². The minimum Gasteiger partial charge on any atom is -0.384 e. The molecule has 0 amide bonds. The van der Waals surface area contributed by atoms with Crippen LogP contribution in [-0.2, 0) is 0 Å². The Morgan fingerprint density at radius 2 is 2.05 bits per heavy atom. The van der Waals surface area contributed by atoms with Gasteiger partial charge < -0.3 is 9.84 Å². The highest BCUT2D eigenvalue weighted by molar-refractivity contribution is 5.20. The Morgan fingerprint density at radius 1 is 1.26 bits per heavy atom. The topological polar surface area (TPSA) is 47.2 Å². The first-order valence-electron chi connectivity index (χ1n) is 6.39. The summed E-state index contributed by atoms with van der Waals surface area (Å²) in [6.07, 6.45) is 3.03. The van der Waals surface area contributed by atoms with Gasteiger partial charge in [-0.25, -0.2) is 4.39 Å². The third-order valence-electron chi connectivity index (χ3n) is 3.58. The summed E-state index contributed by atoms with van der Waals surface area (Å²) in [6.45, 7) is 0.805. The molecule has 1 saturated heterocycles. The molecule has 2 aromatic rings. The predicted molar refractivity (Wildman–Crippen MR) is 68.4 cm³/mol. The number of piperidine rings is 1. The molecule has 100 valence electrons. The summed E-state index contributed by atoms with van der Waals surface area (Å²) in [5.74, 6) is -0.238. The van der Waals surface area contributed by atoms with Crippen molar-refractivity contribution in [2.45, 2.75) is 24.9 Å². The largest absolute Gasteiger partial charge is 0.384 e. The van der Waals surface area contributed by atoms with Crippen LogP contribution in [0.4, 0.5) is 4.39 Å². The number of halogens is 1. The Morgan fingerprint density at radius 3 is 2.74 bits per heavy atom. The molecule has 2 atom stereocenters. The molecule has 19 heavy (non-hydrogen) atoms. The zero-order chi connectivity index (χ0) is 13.2. The molecule has 4 nitrogen and oxygen atoms in total. The Bertz CT molecular complexity index is 602. The monoisotopic (exact) mass is 262 g/mol. The molecule has 0 aliphatic carbocycles. The average molecular weight is 262 g/mol. The number of rotatable bonds is 2. The van der Waals surface area contributed by atoms with Crippen LogP contribution >= 0.6 is 0 Å². The minimum atomic E-state index is -0.238. The predicted octanol–water partition coefficient (Wildman–Crippen LogP) is 2.25. The fourth-order valence-electron chi connectivity index (χ4n) is 2.61. The molecular weight excluding hydrogens is 247 g/mol. The summed E-state index contributed by atoms with van der Waals surface area (Å²) in [4.78, 5) is 11.6. The molecule has 1 aromatic heterocycles. The lowest BCUT2D eigenvalue weighted by Crippen LogP contribution is -2.35. The van der Waals surface area contributed by atoms with Gasteiger partial charge in [0.2, 0.25) is 0 Å². The zero-order valence-corrected chi connectivity index (χ0v) is 10.4. The Hall–Kier alpha value is -1.88. The van der Waals surface area contributed by atoms with Crippen molar-refractivity contribution in [1.29, 1.82) is 0 Å². The first-order chi connectivity index (χ1) is 9.24. The second-order valence-corrected chi connectivity index (χ2v) is 4.81. The molecule has 0 spiro atoms. The van der Waals surface area contributed by atoms with E-state index < -0.39 is 0 Å². The van der Waals surface area contributed by atoms with E-state index in [1.807, 2.05) is 0 Å². The maximum atomic E-state index is 12.9. The van der Waals surface area contributed by atoms with E-state index in [4.69, 9.17) is 4.52 Å². The fourth-order valence-corrected chi connectivity index (χ4v) is 2.61. The molecule has 1 aromatic carbocycles. The molecule has 1 aliphatic heterocycles. The molecule has 0 bridgehead atoms. The van der Waals surface area contributed by atoms with Crippen molar-refractivity contribution in [1.82, 2.24) is 10.1 Å². The first kappa shape index (κ1) is 12.2. The van der Waals surface area contributed by atoms with Gasteiger partial charge in [-0.15, -0.1) is 0 Å². The third-order valence-corrected chi connectivity index (χ3v) is 3.58. The standard InChI is InChI=1S/C14H15FN2O2/c15-11-3-1-10(2-4-11)13-9-12(5-7-16-13)17-14(18)6-8-19-17/h1-4,6,8,12-13,16H,5,7,9H2/t12-,13+/m0/s1. The van der Waals surface area contributed by atoms with E-state index in [0.29, 0.717) is 0 Å². The van der Waals surface area contributed by atoms with Crippen molar-refractivity contribution in [3.05, 3.63) is 58.3 Å². The number of hydrogen-bond acceptors (Lipinski definition) is 3. The van der Waals surface area contributed by atoms with Gasteiger partial charge in [0.05, 0.1) is 6.04 Å². The molecular formula is C14H15FN2O2. The molecule has 1 N–H and O–H groups in total. The van der Waals surface area contributed by atoms with E-state index in [9.17, 15) is 9.18 Å². The highest BCUT2D eigenvalue weighted by Crippen LogP contribution is 2.29.